The fourth-order valence-electron chi connectivity index (χ4n) is 1.55. The number of aromatic amines is 1. The highest BCUT2D eigenvalue weighted by atomic mass is 15.1. The predicted octanol–water partition coefficient (Wildman–Crippen LogP) is 1.49. The molecule has 0 unspecified atom stereocenters. The van der Waals surface area contributed by atoms with Gasteiger partial charge >= 0.3 is 0 Å². The van der Waals surface area contributed by atoms with E-state index in [9.17, 15) is 0 Å². The zero-order valence-corrected chi connectivity index (χ0v) is 8.78. The zero-order chi connectivity index (χ0) is 11.5. The molecular weight excluding hydrogens is 202 g/mol. The van der Waals surface area contributed by atoms with Crippen LogP contribution in [0.25, 0.3) is 10.9 Å². The molecule has 0 amide bonds. The SMILES string of the molecule is Cc1cc2ccc(N=C(N)NC#N)cc2[nH]1. The van der Waals surface area contributed by atoms with Gasteiger partial charge in [-0.3, -0.25) is 5.32 Å². The number of guanidine groups is 1. The molecule has 0 radical (unpaired) electrons. The number of nitrogens with one attached hydrogen (secondary N) is 2. The van der Waals surface area contributed by atoms with E-state index in [1.54, 1.807) is 6.19 Å². The molecular formula is C11H11N5. The summed E-state index contributed by atoms with van der Waals surface area (Å²) in [4.78, 5) is 7.26. The molecule has 0 aliphatic rings. The van der Waals surface area contributed by atoms with Crippen LogP contribution in [0.4, 0.5) is 5.69 Å². The van der Waals surface area contributed by atoms with Crippen molar-refractivity contribution in [3.63, 3.8) is 0 Å². The number of aryl methyl sites for hydroxylation is 1. The molecule has 80 valence electrons. The number of aliphatic imine (C=N–C) groups is 1. The van der Waals surface area contributed by atoms with Gasteiger partial charge < -0.3 is 10.7 Å². The van der Waals surface area contributed by atoms with E-state index < -0.39 is 0 Å². The molecule has 5 nitrogen and oxygen atoms in total. The minimum atomic E-state index is 0.0881. The third-order valence-corrected chi connectivity index (χ3v) is 2.17. The van der Waals surface area contributed by atoms with Crippen molar-refractivity contribution < 1.29 is 0 Å². The molecule has 0 aliphatic heterocycles. The van der Waals surface area contributed by atoms with E-state index in [4.69, 9.17) is 11.0 Å². The summed E-state index contributed by atoms with van der Waals surface area (Å²) in [7, 11) is 0. The zero-order valence-electron chi connectivity index (χ0n) is 8.78. The Bertz CT molecular complexity index is 588. The molecule has 0 saturated carbocycles. The van der Waals surface area contributed by atoms with Crippen molar-refractivity contribution in [3.8, 4) is 6.19 Å². The van der Waals surface area contributed by atoms with Crippen LogP contribution in [-0.2, 0) is 0 Å². The number of H-pyrrole nitrogens is 1. The van der Waals surface area contributed by atoms with Gasteiger partial charge in [0.2, 0.25) is 5.96 Å². The Hall–Kier alpha value is -2.48. The third-order valence-electron chi connectivity index (χ3n) is 2.17. The number of hydrogen-bond donors (Lipinski definition) is 3. The lowest BCUT2D eigenvalue weighted by Crippen LogP contribution is -2.26. The molecule has 0 saturated heterocycles. The molecule has 1 aromatic carbocycles. The first-order valence-electron chi connectivity index (χ1n) is 4.77. The summed E-state index contributed by atoms with van der Waals surface area (Å²) in [6.07, 6.45) is 1.72. The maximum absolute atomic E-state index is 8.36. The normalized spacial score (nSPS) is 11.4. The highest BCUT2D eigenvalue weighted by Crippen LogP contribution is 2.21. The second-order valence-corrected chi connectivity index (χ2v) is 3.46. The van der Waals surface area contributed by atoms with Gasteiger partial charge in [-0.2, -0.15) is 5.26 Å². The van der Waals surface area contributed by atoms with Crippen molar-refractivity contribution in [2.45, 2.75) is 6.92 Å². The number of nitrogens with zero attached hydrogens (tertiary/aromatic N) is 2. The largest absolute Gasteiger partial charge is 0.369 e. The van der Waals surface area contributed by atoms with E-state index in [2.05, 4.69) is 21.4 Å². The number of hydrogen-bond acceptors (Lipinski definition) is 2. The number of nitriles is 1. The van der Waals surface area contributed by atoms with Crippen LogP contribution in [-0.4, -0.2) is 10.9 Å². The van der Waals surface area contributed by atoms with Crippen molar-refractivity contribution in [2.75, 3.05) is 0 Å². The lowest BCUT2D eigenvalue weighted by atomic mass is 10.2. The molecule has 5 heteroatoms. The molecule has 1 heterocycles. The Balaban J connectivity index is 2.40. The standard InChI is InChI=1S/C11H11N5/c1-7-4-8-2-3-9(5-10(8)15-7)16-11(13)14-6-12/h2-5,15H,1H3,(H3,13,14,16). The van der Waals surface area contributed by atoms with Gasteiger partial charge in [0.1, 0.15) is 0 Å². The second kappa shape index (κ2) is 3.95. The van der Waals surface area contributed by atoms with Crippen LogP contribution in [0.1, 0.15) is 5.69 Å². The monoisotopic (exact) mass is 213 g/mol. The molecule has 1 aromatic heterocycles. The molecule has 2 rings (SSSR count). The maximum Gasteiger partial charge on any atom is 0.207 e. The summed E-state index contributed by atoms with van der Waals surface area (Å²) in [6, 6.07) is 7.74. The predicted molar refractivity (Wildman–Crippen MR) is 63.1 cm³/mol. The summed E-state index contributed by atoms with van der Waals surface area (Å²) in [6.45, 7) is 1.99. The summed E-state index contributed by atoms with van der Waals surface area (Å²) in [5.41, 5.74) is 8.27. The van der Waals surface area contributed by atoms with Gasteiger partial charge in [0.15, 0.2) is 6.19 Å². The molecule has 0 spiro atoms. The first kappa shape index (κ1) is 10.1. The van der Waals surface area contributed by atoms with Gasteiger partial charge in [0, 0.05) is 11.2 Å². The van der Waals surface area contributed by atoms with Crippen LogP contribution in [0.5, 0.6) is 0 Å². The maximum atomic E-state index is 8.36. The number of rotatable bonds is 1. The van der Waals surface area contributed by atoms with Crippen LogP contribution in [0.3, 0.4) is 0 Å². The van der Waals surface area contributed by atoms with Crippen molar-refractivity contribution in [3.05, 3.63) is 30.0 Å². The van der Waals surface area contributed by atoms with E-state index in [1.807, 2.05) is 25.1 Å². The topological polar surface area (TPSA) is 90.0 Å². The Labute approximate surface area is 92.6 Å². The number of benzene rings is 1. The van der Waals surface area contributed by atoms with E-state index in [0.29, 0.717) is 5.69 Å². The average molecular weight is 213 g/mol. The first-order chi connectivity index (χ1) is 7.69. The summed E-state index contributed by atoms with van der Waals surface area (Å²) in [5.74, 6) is 0.0881. The lowest BCUT2D eigenvalue weighted by molar-refractivity contribution is 1.22. The second-order valence-electron chi connectivity index (χ2n) is 3.46. The van der Waals surface area contributed by atoms with Crippen molar-refractivity contribution in [2.24, 2.45) is 10.7 Å². The van der Waals surface area contributed by atoms with Gasteiger partial charge in [-0.05, 0) is 30.5 Å². The molecule has 0 bridgehead atoms. The van der Waals surface area contributed by atoms with Gasteiger partial charge in [0.25, 0.3) is 0 Å². The third kappa shape index (κ3) is 1.96. The minimum absolute atomic E-state index is 0.0881. The van der Waals surface area contributed by atoms with E-state index in [0.717, 1.165) is 16.6 Å². The van der Waals surface area contributed by atoms with E-state index >= 15 is 0 Å². The Morgan fingerprint density at radius 3 is 3.06 bits per heavy atom. The minimum Gasteiger partial charge on any atom is -0.369 e. The van der Waals surface area contributed by atoms with E-state index in [-0.39, 0.29) is 5.96 Å². The van der Waals surface area contributed by atoms with Gasteiger partial charge in [-0.1, -0.05) is 6.07 Å². The quantitative estimate of drug-likeness (QED) is 0.290. The van der Waals surface area contributed by atoms with Crippen molar-refractivity contribution in [1.82, 2.24) is 10.3 Å². The van der Waals surface area contributed by atoms with Crippen molar-refractivity contribution in [1.29, 1.82) is 5.26 Å². The highest BCUT2D eigenvalue weighted by molar-refractivity contribution is 5.86. The first-order valence-corrected chi connectivity index (χ1v) is 4.77. The fraction of sp³-hybridized carbons (Fsp3) is 0.0909. The number of fused-ring (bicyclic) bond motifs is 1. The molecule has 4 N–H and O–H groups in total. The fourth-order valence-corrected chi connectivity index (χ4v) is 1.55. The average Bonchev–Trinajstić information content (AvgIpc) is 2.57. The van der Waals surface area contributed by atoms with Gasteiger partial charge in [-0.25, -0.2) is 4.99 Å². The van der Waals surface area contributed by atoms with Gasteiger partial charge in [0.05, 0.1) is 5.69 Å². The lowest BCUT2D eigenvalue weighted by Gasteiger charge is -1.97. The van der Waals surface area contributed by atoms with Gasteiger partial charge in [-0.15, -0.1) is 0 Å². The Morgan fingerprint density at radius 1 is 1.50 bits per heavy atom. The highest BCUT2D eigenvalue weighted by Gasteiger charge is 1.99. The van der Waals surface area contributed by atoms with Crippen LogP contribution >= 0.6 is 0 Å². The molecule has 0 aliphatic carbocycles. The summed E-state index contributed by atoms with van der Waals surface area (Å²) >= 11 is 0. The molecule has 16 heavy (non-hydrogen) atoms. The van der Waals surface area contributed by atoms with E-state index in [1.165, 1.54) is 0 Å². The number of nitrogens with two attached hydrogens (primary N) is 1. The van der Waals surface area contributed by atoms with Crippen LogP contribution in [0.15, 0.2) is 29.3 Å². The smallest absolute Gasteiger partial charge is 0.207 e. The number of aromatic nitrogens is 1. The Morgan fingerprint density at radius 2 is 2.31 bits per heavy atom. The molecule has 0 atom stereocenters. The van der Waals surface area contributed by atoms with Crippen molar-refractivity contribution >= 4 is 22.5 Å². The van der Waals surface area contributed by atoms with Crippen LogP contribution in [0.2, 0.25) is 0 Å². The van der Waals surface area contributed by atoms with Crippen LogP contribution < -0.4 is 11.1 Å². The summed E-state index contributed by atoms with van der Waals surface area (Å²) in [5, 5.41) is 11.8. The molecule has 2 aromatic rings. The summed E-state index contributed by atoms with van der Waals surface area (Å²) < 4.78 is 0. The molecule has 0 fully saturated rings. The van der Waals surface area contributed by atoms with Crippen LogP contribution in [0, 0.1) is 18.4 Å². The Kier molecular flexibility index (Phi) is 2.48.